The van der Waals surface area contributed by atoms with Gasteiger partial charge in [-0.3, -0.25) is 4.79 Å². The van der Waals surface area contributed by atoms with Crippen molar-refractivity contribution in [1.29, 1.82) is 0 Å². The minimum atomic E-state index is 0.389. The largest absolute Gasteiger partial charge is 0.317 e. The van der Waals surface area contributed by atoms with Crippen LogP contribution in [0.15, 0.2) is 0 Å². The predicted molar refractivity (Wildman–Crippen MR) is 52.6 cm³/mol. The Labute approximate surface area is 80.1 Å². The van der Waals surface area contributed by atoms with Gasteiger partial charge >= 0.3 is 0 Å². The molecule has 0 radical (unpaired) electrons. The summed E-state index contributed by atoms with van der Waals surface area (Å²) in [5, 5.41) is 3.29. The quantitative estimate of drug-likeness (QED) is 0.716. The maximum Gasteiger partial charge on any atom is 0.136 e. The fourth-order valence-electron chi connectivity index (χ4n) is 2.10. The Bertz CT molecular complexity index is 181. The van der Waals surface area contributed by atoms with E-state index >= 15 is 0 Å². The summed E-state index contributed by atoms with van der Waals surface area (Å²) in [7, 11) is 0. The van der Waals surface area contributed by atoms with E-state index in [0.29, 0.717) is 11.7 Å². The van der Waals surface area contributed by atoms with E-state index in [1.807, 2.05) is 0 Å². The number of Topliss-reactive ketones (excluding diaryl/α,β-unsaturated/α-hetero) is 1. The molecule has 0 bridgehead atoms. The van der Waals surface area contributed by atoms with Crippen LogP contribution in [0.2, 0.25) is 0 Å². The number of hydrogen-bond acceptors (Lipinski definition) is 2. The Balaban J connectivity index is 1.67. The number of rotatable bonds is 4. The second kappa shape index (κ2) is 4.23. The van der Waals surface area contributed by atoms with Crippen molar-refractivity contribution in [3.63, 3.8) is 0 Å². The van der Waals surface area contributed by atoms with Gasteiger partial charge in [0, 0.05) is 12.3 Å². The number of nitrogens with one attached hydrogen (secondary N) is 1. The van der Waals surface area contributed by atoms with Crippen molar-refractivity contribution < 1.29 is 4.79 Å². The molecule has 0 aromatic rings. The van der Waals surface area contributed by atoms with Crippen LogP contribution in [0.3, 0.4) is 0 Å². The van der Waals surface area contributed by atoms with Crippen LogP contribution in [0.4, 0.5) is 0 Å². The molecule has 13 heavy (non-hydrogen) atoms. The zero-order valence-corrected chi connectivity index (χ0v) is 8.22. The molecule has 0 aromatic heterocycles. The maximum atomic E-state index is 11.7. The summed E-state index contributed by atoms with van der Waals surface area (Å²) in [4.78, 5) is 11.7. The average molecular weight is 181 g/mol. The highest BCUT2D eigenvalue weighted by molar-refractivity contribution is 5.81. The molecule has 0 unspecified atom stereocenters. The lowest BCUT2D eigenvalue weighted by Crippen LogP contribution is -2.31. The third-order valence-electron chi connectivity index (χ3n) is 3.29. The van der Waals surface area contributed by atoms with Crippen molar-refractivity contribution >= 4 is 5.78 Å². The lowest BCUT2D eigenvalue weighted by Gasteiger charge is -2.21. The summed E-state index contributed by atoms with van der Waals surface area (Å²) in [6, 6.07) is 0. The Morgan fingerprint density at radius 2 is 1.85 bits per heavy atom. The molecule has 74 valence electrons. The molecule has 2 heteroatoms. The van der Waals surface area contributed by atoms with Gasteiger partial charge in [-0.05, 0) is 38.3 Å². The predicted octanol–water partition coefficient (Wildman–Crippen LogP) is 1.75. The summed E-state index contributed by atoms with van der Waals surface area (Å²) in [5.41, 5.74) is 0. The second-order valence-electron chi connectivity index (χ2n) is 4.47. The second-order valence-corrected chi connectivity index (χ2v) is 4.47. The number of piperidine rings is 1. The summed E-state index contributed by atoms with van der Waals surface area (Å²) in [6.07, 6.45) is 6.92. The average Bonchev–Trinajstić information content (AvgIpc) is 2.99. The van der Waals surface area contributed by atoms with Gasteiger partial charge in [-0.25, -0.2) is 0 Å². The summed E-state index contributed by atoms with van der Waals surface area (Å²) in [6.45, 7) is 2.08. The zero-order valence-electron chi connectivity index (χ0n) is 8.22. The van der Waals surface area contributed by atoms with Crippen molar-refractivity contribution in [3.8, 4) is 0 Å². The minimum Gasteiger partial charge on any atom is -0.317 e. The molecule has 0 atom stereocenters. The molecule has 1 saturated carbocycles. The normalized spacial score (nSPS) is 24.6. The molecular weight excluding hydrogens is 162 g/mol. The van der Waals surface area contributed by atoms with Gasteiger partial charge in [0.15, 0.2) is 0 Å². The highest BCUT2D eigenvalue weighted by Gasteiger charge is 2.25. The van der Waals surface area contributed by atoms with Gasteiger partial charge in [-0.2, -0.15) is 0 Å². The number of hydrogen-bond donors (Lipinski definition) is 1. The van der Waals surface area contributed by atoms with Crippen LogP contribution >= 0.6 is 0 Å². The molecule has 1 saturated heterocycles. The van der Waals surface area contributed by atoms with Crippen molar-refractivity contribution in [1.82, 2.24) is 5.32 Å². The van der Waals surface area contributed by atoms with Gasteiger partial charge in [0.1, 0.15) is 5.78 Å². The highest BCUT2D eigenvalue weighted by Crippen LogP contribution is 2.34. The van der Waals surface area contributed by atoms with E-state index in [1.54, 1.807) is 0 Å². The molecule has 2 fully saturated rings. The van der Waals surface area contributed by atoms with Gasteiger partial charge in [-0.15, -0.1) is 0 Å². The summed E-state index contributed by atoms with van der Waals surface area (Å²) >= 11 is 0. The topological polar surface area (TPSA) is 29.1 Å². The van der Waals surface area contributed by atoms with Crippen LogP contribution in [0.25, 0.3) is 0 Å². The molecule has 2 rings (SSSR count). The molecule has 2 aliphatic rings. The summed E-state index contributed by atoms with van der Waals surface area (Å²) < 4.78 is 0. The van der Waals surface area contributed by atoms with E-state index in [9.17, 15) is 4.79 Å². The number of carbonyl (C=O) groups is 1. The van der Waals surface area contributed by atoms with Crippen LogP contribution in [0.5, 0.6) is 0 Å². The van der Waals surface area contributed by atoms with E-state index in [1.165, 1.54) is 19.3 Å². The third kappa shape index (κ3) is 2.80. The Morgan fingerprint density at radius 1 is 1.15 bits per heavy atom. The fourth-order valence-corrected chi connectivity index (χ4v) is 2.10. The minimum absolute atomic E-state index is 0.389. The maximum absolute atomic E-state index is 11.7. The Kier molecular flexibility index (Phi) is 2.99. The SMILES string of the molecule is O=C(CCC1CC1)C1CCNCC1. The van der Waals surface area contributed by atoms with Crippen LogP contribution in [0.1, 0.15) is 38.5 Å². The summed E-state index contributed by atoms with van der Waals surface area (Å²) in [5.74, 6) is 1.83. The Hall–Kier alpha value is -0.370. The first kappa shape index (κ1) is 9.20. The van der Waals surface area contributed by atoms with Gasteiger partial charge in [0.2, 0.25) is 0 Å². The van der Waals surface area contributed by atoms with Crippen molar-refractivity contribution in [2.75, 3.05) is 13.1 Å². The zero-order chi connectivity index (χ0) is 9.10. The molecule has 0 aromatic carbocycles. The van der Waals surface area contributed by atoms with Gasteiger partial charge in [-0.1, -0.05) is 12.8 Å². The molecule has 1 aliphatic carbocycles. The lowest BCUT2D eigenvalue weighted by molar-refractivity contribution is -0.123. The molecule has 1 aliphatic heterocycles. The fraction of sp³-hybridized carbons (Fsp3) is 0.909. The molecule has 0 amide bonds. The molecule has 1 heterocycles. The van der Waals surface area contributed by atoms with E-state index in [-0.39, 0.29) is 0 Å². The van der Waals surface area contributed by atoms with Crippen LogP contribution in [-0.4, -0.2) is 18.9 Å². The van der Waals surface area contributed by atoms with E-state index in [0.717, 1.165) is 38.3 Å². The first-order valence-corrected chi connectivity index (χ1v) is 5.59. The van der Waals surface area contributed by atoms with Crippen LogP contribution < -0.4 is 5.32 Å². The number of carbonyl (C=O) groups excluding carboxylic acids is 1. The van der Waals surface area contributed by atoms with E-state index in [2.05, 4.69) is 5.32 Å². The number of ketones is 1. The highest BCUT2D eigenvalue weighted by atomic mass is 16.1. The monoisotopic (exact) mass is 181 g/mol. The lowest BCUT2D eigenvalue weighted by atomic mass is 9.91. The van der Waals surface area contributed by atoms with Crippen molar-refractivity contribution in [2.45, 2.75) is 38.5 Å². The van der Waals surface area contributed by atoms with Crippen molar-refractivity contribution in [2.24, 2.45) is 11.8 Å². The Morgan fingerprint density at radius 3 is 2.46 bits per heavy atom. The van der Waals surface area contributed by atoms with Gasteiger partial charge in [0.25, 0.3) is 0 Å². The molecule has 1 N–H and O–H groups in total. The van der Waals surface area contributed by atoms with Crippen molar-refractivity contribution in [3.05, 3.63) is 0 Å². The van der Waals surface area contributed by atoms with Gasteiger partial charge in [0.05, 0.1) is 0 Å². The van der Waals surface area contributed by atoms with Crippen LogP contribution in [0, 0.1) is 11.8 Å². The first-order valence-electron chi connectivity index (χ1n) is 5.59. The molecule has 2 nitrogen and oxygen atoms in total. The van der Waals surface area contributed by atoms with E-state index < -0.39 is 0 Å². The van der Waals surface area contributed by atoms with Crippen LogP contribution in [-0.2, 0) is 4.79 Å². The standard InChI is InChI=1S/C11H19NO/c13-11(4-3-9-1-2-9)10-5-7-12-8-6-10/h9-10,12H,1-8H2. The first-order chi connectivity index (χ1) is 6.36. The van der Waals surface area contributed by atoms with Gasteiger partial charge < -0.3 is 5.32 Å². The van der Waals surface area contributed by atoms with E-state index in [4.69, 9.17) is 0 Å². The smallest absolute Gasteiger partial charge is 0.136 e. The molecular formula is C11H19NO. The third-order valence-corrected chi connectivity index (χ3v) is 3.29. The molecule has 0 spiro atoms.